The molecule has 0 N–H and O–H groups in total. The fourth-order valence-corrected chi connectivity index (χ4v) is 4.03. The standard InChI is InChI=1S/C17H27N3O2S/c1-15(12-16-2-11-23-14-16)19-5-3-18(4-6-19)13-17(21)20-7-9-22-10-8-20/h2,11,14-15H,3-10,12-13H2,1H3. The fraction of sp³-hybridized carbons (Fsp3) is 0.706. The van der Waals surface area contributed by atoms with Crippen molar-refractivity contribution in [1.29, 1.82) is 0 Å². The van der Waals surface area contributed by atoms with Crippen LogP contribution in [0, 0.1) is 0 Å². The van der Waals surface area contributed by atoms with Crippen molar-refractivity contribution < 1.29 is 9.53 Å². The van der Waals surface area contributed by atoms with Gasteiger partial charge >= 0.3 is 0 Å². The molecule has 0 aromatic carbocycles. The highest BCUT2D eigenvalue weighted by Gasteiger charge is 2.24. The van der Waals surface area contributed by atoms with E-state index in [0.29, 0.717) is 25.8 Å². The number of piperazine rings is 1. The van der Waals surface area contributed by atoms with E-state index in [1.165, 1.54) is 5.56 Å². The first kappa shape index (κ1) is 16.9. The van der Waals surface area contributed by atoms with Gasteiger partial charge < -0.3 is 9.64 Å². The van der Waals surface area contributed by atoms with E-state index < -0.39 is 0 Å². The van der Waals surface area contributed by atoms with Gasteiger partial charge in [-0.1, -0.05) is 0 Å². The zero-order chi connectivity index (χ0) is 16.1. The fourth-order valence-electron chi connectivity index (χ4n) is 3.35. The molecule has 1 unspecified atom stereocenters. The Hall–Kier alpha value is -0.950. The first-order chi connectivity index (χ1) is 11.2. The average molecular weight is 337 g/mol. The lowest BCUT2D eigenvalue weighted by atomic mass is 10.1. The molecule has 3 rings (SSSR count). The maximum atomic E-state index is 12.3. The number of amides is 1. The van der Waals surface area contributed by atoms with E-state index in [1.807, 2.05) is 4.90 Å². The number of hydrogen-bond acceptors (Lipinski definition) is 5. The minimum atomic E-state index is 0.257. The molecule has 0 radical (unpaired) electrons. The summed E-state index contributed by atoms with van der Waals surface area (Å²) in [5.41, 5.74) is 1.44. The van der Waals surface area contributed by atoms with Crippen LogP contribution in [0.2, 0.25) is 0 Å². The molecule has 6 heteroatoms. The predicted molar refractivity (Wildman–Crippen MR) is 92.9 cm³/mol. The Balaban J connectivity index is 1.40. The second-order valence-electron chi connectivity index (χ2n) is 6.49. The third-order valence-electron chi connectivity index (χ3n) is 4.86. The summed E-state index contributed by atoms with van der Waals surface area (Å²) in [6.45, 7) is 9.82. The molecule has 2 aliphatic heterocycles. The molecule has 1 aromatic rings. The number of ether oxygens (including phenoxy) is 1. The van der Waals surface area contributed by atoms with Crippen LogP contribution in [0.3, 0.4) is 0 Å². The SMILES string of the molecule is CC(Cc1ccsc1)N1CCN(CC(=O)N2CCOCC2)CC1. The minimum absolute atomic E-state index is 0.257. The van der Waals surface area contributed by atoms with Gasteiger partial charge in [-0.3, -0.25) is 14.6 Å². The lowest BCUT2D eigenvalue weighted by molar-refractivity contribution is -0.136. The normalized spacial score (nSPS) is 22.2. The van der Waals surface area contributed by atoms with E-state index in [0.717, 1.165) is 45.7 Å². The van der Waals surface area contributed by atoms with E-state index >= 15 is 0 Å². The molecule has 23 heavy (non-hydrogen) atoms. The Labute approximate surface area is 142 Å². The van der Waals surface area contributed by atoms with E-state index in [2.05, 4.69) is 33.6 Å². The molecule has 3 heterocycles. The van der Waals surface area contributed by atoms with E-state index in [1.54, 1.807) is 11.3 Å². The van der Waals surface area contributed by atoms with Crippen LogP contribution in [0.4, 0.5) is 0 Å². The second-order valence-corrected chi connectivity index (χ2v) is 7.27. The third-order valence-corrected chi connectivity index (χ3v) is 5.60. The average Bonchev–Trinajstić information content (AvgIpc) is 3.09. The van der Waals surface area contributed by atoms with Crippen LogP contribution < -0.4 is 0 Å². The number of nitrogens with zero attached hydrogens (tertiary/aromatic N) is 3. The molecule has 128 valence electrons. The lowest BCUT2D eigenvalue weighted by Gasteiger charge is -2.38. The van der Waals surface area contributed by atoms with Crippen LogP contribution in [0.1, 0.15) is 12.5 Å². The Morgan fingerprint density at radius 1 is 1.22 bits per heavy atom. The van der Waals surface area contributed by atoms with Gasteiger partial charge in [0.2, 0.25) is 5.91 Å². The molecule has 0 saturated carbocycles. The summed E-state index contributed by atoms with van der Waals surface area (Å²) in [5.74, 6) is 0.257. The van der Waals surface area contributed by atoms with Crippen LogP contribution in [-0.2, 0) is 16.0 Å². The molecule has 0 bridgehead atoms. The van der Waals surface area contributed by atoms with Crippen molar-refractivity contribution in [3.8, 4) is 0 Å². The lowest BCUT2D eigenvalue weighted by Crippen LogP contribution is -2.53. The van der Waals surface area contributed by atoms with Gasteiger partial charge in [0.05, 0.1) is 19.8 Å². The summed E-state index contributed by atoms with van der Waals surface area (Å²) in [5, 5.41) is 4.39. The molecule has 1 aromatic heterocycles. The van der Waals surface area contributed by atoms with Crippen molar-refractivity contribution in [2.75, 3.05) is 59.0 Å². The maximum absolute atomic E-state index is 12.3. The summed E-state index contributed by atoms with van der Waals surface area (Å²) >= 11 is 1.77. The zero-order valence-corrected chi connectivity index (χ0v) is 14.8. The highest BCUT2D eigenvalue weighted by Crippen LogP contribution is 2.14. The number of hydrogen-bond donors (Lipinski definition) is 0. The van der Waals surface area contributed by atoms with Crippen molar-refractivity contribution in [2.45, 2.75) is 19.4 Å². The molecule has 2 fully saturated rings. The Morgan fingerprint density at radius 2 is 1.96 bits per heavy atom. The number of rotatable bonds is 5. The van der Waals surface area contributed by atoms with Gasteiger partial charge in [0.15, 0.2) is 0 Å². The molecular weight excluding hydrogens is 310 g/mol. The van der Waals surface area contributed by atoms with Crippen LogP contribution in [-0.4, -0.2) is 85.7 Å². The Morgan fingerprint density at radius 3 is 2.61 bits per heavy atom. The molecule has 2 saturated heterocycles. The first-order valence-corrected chi connectivity index (χ1v) is 9.49. The smallest absolute Gasteiger partial charge is 0.236 e. The number of morpholine rings is 1. The number of carbonyl (C=O) groups excluding carboxylic acids is 1. The van der Waals surface area contributed by atoms with Gasteiger partial charge in [-0.2, -0.15) is 11.3 Å². The van der Waals surface area contributed by atoms with Gasteiger partial charge in [-0.05, 0) is 35.7 Å². The van der Waals surface area contributed by atoms with Crippen molar-refractivity contribution in [3.63, 3.8) is 0 Å². The quantitative estimate of drug-likeness (QED) is 0.808. The summed E-state index contributed by atoms with van der Waals surface area (Å²) in [4.78, 5) is 19.1. The van der Waals surface area contributed by atoms with Crippen LogP contribution >= 0.6 is 11.3 Å². The molecule has 0 aliphatic carbocycles. The monoisotopic (exact) mass is 337 g/mol. The Kier molecular flexibility index (Phi) is 6.05. The highest BCUT2D eigenvalue weighted by atomic mass is 32.1. The van der Waals surface area contributed by atoms with Crippen molar-refractivity contribution in [2.24, 2.45) is 0 Å². The van der Waals surface area contributed by atoms with Crippen LogP contribution in [0.15, 0.2) is 16.8 Å². The van der Waals surface area contributed by atoms with Crippen LogP contribution in [0.25, 0.3) is 0 Å². The van der Waals surface area contributed by atoms with E-state index in [9.17, 15) is 4.79 Å². The second kappa shape index (κ2) is 8.24. The first-order valence-electron chi connectivity index (χ1n) is 8.55. The maximum Gasteiger partial charge on any atom is 0.236 e. The number of carbonyl (C=O) groups is 1. The molecule has 1 atom stereocenters. The third kappa shape index (κ3) is 4.76. The van der Waals surface area contributed by atoms with Gasteiger partial charge in [0.1, 0.15) is 0 Å². The predicted octanol–water partition coefficient (Wildman–Crippen LogP) is 1.16. The van der Waals surface area contributed by atoms with Gasteiger partial charge in [0.25, 0.3) is 0 Å². The van der Waals surface area contributed by atoms with Gasteiger partial charge in [-0.25, -0.2) is 0 Å². The minimum Gasteiger partial charge on any atom is -0.378 e. The van der Waals surface area contributed by atoms with Crippen molar-refractivity contribution in [3.05, 3.63) is 22.4 Å². The van der Waals surface area contributed by atoms with Gasteiger partial charge in [-0.15, -0.1) is 0 Å². The topological polar surface area (TPSA) is 36.0 Å². The highest BCUT2D eigenvalue weighted by molar-refractivity contribution is 7.07. The molecule has 0 spiro atoms. The van der Waals surface area contributed by atoms with Crippen molar-refractivity contribution in [1.82, 2.24) is 14.7 Å². The summed E-state index contributed by atoms with van der Waals surface area (Å²) in [6.07, 6.45) is 1.12. The summed E-state index contributed by atoms with van der Waals surface area (Å²) in [6, 6.07) is 2.79. The molecule has 1 amide bonds. The summed E-state index contributed by atoms with van der Waals surface area (Å²) in [7, 11) is 0. The summed E-state index contributed by atoms with van der Waals surface area (Å²) < 4.78 is 5.31. The molecule has 5 nitrogen and oxygen atoms in total. The molecule has 2 aliphatic rings. The van der Waals surface area contributed by atoms with Gasteiger partial charge in [0, 0.05) is 45.3 Å². The zero-order valence-electron chi connectivity index (χ0n) is 13.9. The number of thiophene rings is 1. The van der Waals surface area contributed by atoms with Crippen molar-refractivity contribution >= 4 is 17.2 Å². The Bertz CT molecular complexity index is 480. The molecular formula is C17H27N3O2S. The van der Waals surface area contributed by atoms with E-state index in [4.69, 9.17) is 4.74 Å². The van der Waals surface area contributed by atoms with Crippen LogP contribution in [0.5, 0.6) is 0 Å². The van der Waals surface area contributed by atoms with E-state index in [-0.39, 0.29) is 5.91 Å². The largest absolute Gasteiger partial charge is 0.378 e.